The topological polar surface area (TPSA) is 80.1 Å². The number of benzene rings is 1. The van der Waals surface area contributed by atoms with Crippen molar-refractivity contribution in [2.24, 2.45) is 0 Å². The molecule has 1 saturated heterocycles. The van der Waals surface area contributed by atoms with Crippen molar-refractivity contribution in [3.8, 4) is 5.69 Å². The smallest absolute Gasteiger partial charge is 0.271 e. The lowest BCUT2D eigenvalue weighted by Crippen LogP contribution is -2.44. The van der Waals surface area contributed by atoms with Gasteiger partial charge in [0.1, 0.15) is 11.5 Å². The summed E-state index contributed by atoms with van der Waals surface area (Å²) in [7, 11) is 0. The number of rotatable bonds is 5. The van der Waals surface area contributed by atoms with Gasteiger partial charge in [-0.2, -0.15) is 9.78 Å². The number of nitrogens with zero attached hydrogens (tertiary/aromatic N) is 4. The minimum absolute atomic E-state index is 0.0467. The van der Waals surface area contributed by atoms with Crippen molar-refractivity contribution in [1.29, 1.82) is 0 Å². The Labute approximate surface area is 173 Å². The fraction of sp³-hybridized carbons (Fsp3) is 0.273. The maximum absolute atomic E-state index is 13.1. The average molecular weight is 407 g/mol. The minimum Gasteiger partial charge on any atom is -0.348 e. The fourth-order valence-corrected chi connectivity index (χ4v) is 3.52. The molecule has 0 spiro atoms. The molecule has 1 N–H and O–H groups in total. The van der Waals surface area contributed by atoms with Crippen LogP contribution in [0.15, 0.2) is 65.6 Å². The lowest BCUT2D eigenvalue weighted by molar-refractivity contribution is 0.0901. The highest BCUT2D eigenvalue weighted by Gasteiger charge is 2.22. The molecule has 0 saturated carbocycles. The van der Waals surface area contributed by atoms with Gasteiger partial charge in [-0.1, -0.05) is 6.07 Å². The molecule has 3 heterocycles. The van der Waals surface area contributed by atoms with Crippen molar-refractivity contribution in [2.45, 2.75) is 25.4 Å². The van der Waals surface area contributed by atoms with Crippen LogP contribution < -0.4 is 10.9 Å². The molecule has 0 unspecified atom stereocenters. The maximum Gasteiger partial charge on any atom is 0.271 e. The van der Waals surface area contributed by atoms with Gasteiger partial charge in [0.2, 0.25) is 0 Å². The number of halogens is 1. The van der Waals surface area contributed by atoms with Gasteiger partial charge in [0.25, 0.3) is 11.5 Å². The Kier molecular flexibility index (Phi) is 5.94. The van der Waals surface area contributed by atoms with Gasteiger partial charge in [-0.25, -0.2) is 4.39 Å². The standard InChI is InChI=1S/C22H22FN5O2/c23-16-4-6-19(7-5-16)28-21(29)9-8-20(26-28)22(30)25-17-10-13-27(14-11-17)15-18-3-1-2-12-24-18/h1-9,12,17H,10-11,13-15H2,(H,25,30). The van der Waals surface area contributed by atoms with Crippen LogP contribution in [0.3, 0.4) is 0 Å². The predicted molar refractivity (Wildman–Crippen MR) is 110 cm³/mol. The first-order valence-corrected chi connectivity index (χ1v) is 9.88. The first-order valence-electron chi connectivity index (χ1n) is 9.88. The average Bonchev–Trinajstić information content (AvgIpc) is 2.77. The predicted octanol–water partition coefficient (Wildman–Crippen LogP) is 2.16. The normalized spacial score (nSPS) is 15.1. The Bertz CT molecular complexity index is 1060. The number of hydrogen-bond acceptors (Lipinski definition) is 5. The Morgan fingerprint density at radius 3 is 2.53 bits per heavy atom. The third-order valence-corrected chi connectivity index (χ3v) is 5.14. The molecule has 1 aromatic carbocycles. The zero-order chi connectivity index (χ0) is 20.9. The molecule has 1 aliphatic rings. The zero-order valence-corrected chi connectivity index (χ0v) is 16.4. The number of amides is 1. The SMILES string of the molecule is O=C(NC1CCN(Cc2ccccn2)CC1)c1ccc(=O)n(-c2ccc(F)cc2)n1. The van der Waals surface area contributed by atoms with Crippen LogP contribution in [0.4, 0.5) is 4.39 Å². The van der Waals surface area contributed by atoms with E-state index in [-0.39, 0.29) is 23.2 Å². The Morgan fingerprint density at radius 2 is 1.83 bits per heavy atom. The van der Waals surface area contributed by atoms with Gasteiger partial charge < -0.3 is 5.32 Å². The number of carbonyl (C=O) groups excluding carboxylic acids is 1. The Balaban J connectivity index is 1.37. The van der Waals surface area contributed by atoms with Crippen molar-refractivity contribution in [1.82, 2.24) is 25.0 Å². The minimum atomic E-state index is -0.407. The highest BCUT2D eigenvalue weighted by atomic mass is 19.1. The monoisotopic (exact) mass is 407 g/mol. The third-order valence-electron chi connectivity index (χ3n) is 5.14. The van der Waals surface area contributed by atoms with Gasteiger partial charge in [-0.3, -0.25) is 19.5 Å². The molecule has 4 rings (SSSR count). The summed E-state index contributed by atoms with van der Waals surface area (Å²) in [5.41, 5.74) is 1.20. The molecule has 7 nitrogen and oxygen atoms in total. The molecule has 154 valence electrons. The van der Waals surface area contributed by atoms with E-state index in [1.54, 1.807) is 6.20 Å². The van der Waals surface area contributed by atoms with Crippen LogP contribution in [0.2, 0.25) is 0 Å². The third kappa shape index (κ3) is 4.77. The van der Waals surface area contributed by atoms with Crippen molar-refractivity contribution in [3.63, 3.8) is 0 Å². The molecule has 0 aliphatic carbocycles. The summed E-state index contributed by atoms with van der Waals surface area (Å²) >= 11 is 0. The van der Waals surface area contributed by atoms with Crippen LogP contribution in [0.5, 0.6) is 0 Å². The van der Waals surface area contributed by atoms with Gasteiger partial charge in [0.05, 0.1) is 11.4 Å². The molecule has 2 aromatic heterocycles. The van der Waals surface area contributed by atoms with Gasteiger partial charge in [0, 0.05) is 37.9 Å². The summed E-state index contributed by atoms with van der Waals surface area (Å²) in [5, 5.41) is 7.17. The lowest BCUT2D eigenvalue weighted by Gasteiger charge is -2.32. The number of nitrogens with one attached hydrogen (secondary N) is 1. The van der Waals surface area contributed by atoms with Crippen LogP contribution in [0, 0.1) is 5.82 Å². The van der Waals surface area contributed by atoms with Gasteiger partial charge in [-0.15, -0.1) is 0 Å². The maximum atomic E-state index is 13.1. The number of aromatic nitrogens is 3. The first kappa shape index (κ1) is 19.9. The molecule has 0 bridgehead atoms. The second-order valence-corrected chi connectivity index (χ2v) is 7.29. The number of piperidine rings is 1. The first-order chi connectivity index (χ1) is 14.6. The van der Waals surface area contributed by atoms with Crippen LogP contribution in [0.1, 0.15) is 29.0 Å². The number of carbonyl (C=O) groups is 1. The molecule has 1 fully saturated rings. The molecular formula is C22H22FN5O2. The molecule has 0 radical (unpaired) electrons. The van der Waals surface area contributed by atoms with Crippen LogP contribution in [0.25, 0.3) is 5.69 Å². The van der Waals surface area contributed by atoms with E-state index in [1.807, 2.05) is 18.2 Å². The molecule has 8 heteroatoms. The molecule has 1 aliphatic heterocycles. The van der Waals surface area contributed by atoms with Gasteiger partial charge in [0.15, 0.2) is 0 Å². The second-order valence-electron chi connectivity index (χ2n) is 7.29. The molecule has 30 heavy (non-hydrogen) atoms. The van der Waals surface area contributed by atoms with E-state index in [9.17, 15) is 14.0 Å². The number of hydrogen-bond donors (Lipinski definition) is 1. The van der Waals surface area contributed by atoms with E-state index in [0.29, 0.717) is 5.69 Å². The molecular weight excluding hydrogens is 385 g/mol. The van der Waals surface area contributed by atoms with Crippen LogP contribution >= 0.6 is 0 Å². The molecule has 0 atom stereocenters. The summed E-state index contributed by atoms with van der Waals surface area (Å²) in [6.07, 6.45) is 3.45. The summed E-state index contributed by atoms with van der Waals surface area (Å²) in [4.78, 5) is 31.5. The number of pyridine rings is 1. The summed E-state index contributed by atoms with van der Waals surface area (Å²) in [5.74, 6) is -0.732. The molecule has 3 aromatic rings. The van der Waals surface area contributed by atoms with Crippen molar-refractivity contribution >= 4 is 5.91 Å². The van der Waals surface area contributed by atoms with Gasteiger partial charge >= 0.3 is 0 Å². The quantitative estimate of drug-likeness (QED) is 0.701. The summed E-state index contributed by atoms with van der Waals surface area (Å²) in [6.45, 7) is 2.53. The highest BCUT2D eigenvalue weighted by molar-refractivity contribution is 5.92. The van der Waals surface area contributed by atoms with E-state index in [1.165, 1.54) is 36.4 Å². The van der Waals surface area contributed by atoms with Crippen LogP contribution in [-0.2, 0) is 6.54 Å². The van der Waals surface area contributed by atoms with E-state index >= 15 is 0 Å². The second kappa shape index (κ2) is 8.96. The number of likely N-dealkylation sites (tertiary alicyclic amines) is 1. The van der Waals surface area contributed by atoms with E-state index in [0.717, 1.165) is 42.9 Å². The Morgan fingerprint density at radius 1 is 1.07 bits per heavy atom. The van der Waals surface area contributed by atoms with E-state index in [2.05, 4.69) is 20.3 Å². The van der Waals surface area contributed by atoms with E-state index in [4.69, 9.17) is 0 Å². The fourth-order valence-electron chi connectivity index (χ4n) is 3.52. The Hall–Kier alpha value is -3.39. The highest BCUT2D eigenvalue weighted by Crippen LogP contribution is 2.13. The van der Waals surface area contributed by atoms with Crippen LogP contribution in [-0.4, -0.2) is 44.7 Å². The van der Waals surface area contributed by atoms with Crippen molar-refractivity contribution in [3.05, 3.63) is 88.4 Å². The van der Waals surface area contributed by atoms with Crippen molar-refractivity contribution in [2.75, 3.05) is 13.1 Å². The molecule has 1 amide bonds. The zero-order valence-electron chi connectivity index (χ0n) is 16.4. The largest absolute Gasteiger partial charge is 0.348 e. The van der Waals surface area contributed by atoms with Gasteiger partial charge in [-0.05, 0) is 55.3 Å². The summed E-state index contributed by atoms with van der Waals surface area (Å²) in [6, 6.07) is 14.0. The van der Waals surface area contributed by atoms with E-state index < -0.39 is 5.82 Å². The summed E-state index contributed by atoms with van der Waals surface area (Å²) < 4.78 is 14.2. The lowest BCUT2D eigenvalue weighted by atomic mass is 10.0. The van der Waals surface area contributed by atoms with Crippen molar-refractivity contribution < 1.29 is 9.18 Å².